The van der Waals surface area contributed by atoms with Crippen molar-refractivity contribution in [1.82, 2.24) is 9.78 Å². The monoisotopic (exact) mass is 180 g/mol. The molecule has 72 valence electrons. The predicted octanol–water partition coefficient (Wildman–Crippen LogP) is 1.44. The molecule has 13 heavy (non-hydrogen) atoms. The van der Waals surface area contributed by atoms with E-state index in [0.717, 1.165) is 25.0 Å². The molecule has 3 nitrogen and oxygen atoms in total. The number of hydrogen-bond acceptors (Lipinski definition) is 2. The summed E-state index contributed by atoms with van der Waals surface area (Å²) in [6.45, 7) is 0. The highest BCUT2D eigenvalue weighted by molar-refractivity contribution is 5.07. The molecule has 1 aliphatic carbocycles. The predicted molar refractivity (Wildman–Crippen MR) is 50.4 cm³/mol. The second-order valence-corrected chi connectivity index (χ2v) is 3.93. The average Bonchev–Trinajstić information content (AvgIpc) is 2.52. The fourth-order valence-corrected chi connectivity index (χ4v) is 2.08. The van der Waals surface area contributed by atoms with Crippen molar-refractivity contribution in [3.63, 3.8) is 0 Å². The van der Waals surface area contributed by atoms with Crippen molar-refractivity contribution in [3.8, 4) is 0 Å². The van der Waals surface area contributed by atoms with Crippen molar-refractivity contribution in [2.45, 2.75) is 37.7 Å². The maximum atomic E-state index is 9.51. The maximum Gasteiger partial charge on any atom is 0.0656 e. The minimum Gasteiger partial charge on any atom is -0.393 e. The lowest BCUT2D eigenvalue weighted by atomic mass is 9.85. The lowest BCUT2D eigenvalue weighted by Gasteiger charge is -2.24. The largest absolute Gasteiger partial charge is 0.393 e. The first-order valence-corrected chi connectivity index (χ1v) is 4.93. The Balaban J connectivity index is 2.08. The zero-order valence-electron chi connectivity index (χ0n) is 7.98. The highest BCUT2D eigenvalue weighted by Gasteiger charge is 2.22. The summed E-state index contributed by atoms with van der Waals surface area (Å²) in [5.74, 6) is 0.477. The Labute approximate surface area is 78.4 Å². The van der Waals surface area contributed by atoms with Gasteiger partial charge in [-0.15, -0.1) is 0 Å². The van der Waals surface area contributed by atoms with Gasteiger partial charge in [-0.25, -0.2) is 0 Å². The van der Waals surface area contributed by atoms with Crippen LogP contribution < -0.4 is 0 Å². The van der Waals surface area contributed by atoms with Crippen LogP contribution in [0.5, 0.6) is 0 Å². The molecule has 2 atom stereocenters. The quantitative estimate of drug-likeness (QED) is 0.710. The van der Waals surface area contributed by atoms with Crippen LogP contribution in [0.1, 0.15) is 37.3 Å². The Bertz CT molecular complexity index is 282. The Kier molecular flexibility index (Phi) is 2.36. The molecule has 0 amide bonds. The molecule has 2 unspecified atom stereocenters. The first-order chi connectivity index (χ1) is 6.25. The van der Waals surface area contributed by atoms with E-state index in [2.05, 4.69) is 11.2 Å². The van der Waals surface area contributed by atoms with Gasteiger partial charge in [-0.3, -0.25) is 4.68 Å². The molecule has 0 bridgehead atoms. The van der Waals surface area contributed by atoms with Crippen molar-refractivity contribution < 1.29 is 5.11 Å². The molecule has 1 saturated carbocycles. The van der Waals surface area contributed by atoms with Crippen molar-refractivity contribution in [2.75, 3.05) is 0 Å². The molecule has 0 radical (unpaired) electrons. The molecule has 1 aromatic heterocycles. The minimum absolute atomic E-state index is 0.110. The molecule has 1 aromatic rings. The summed E-state index contributed by atoms with van der Waals surface area (Å²) in [4.78, 5) is 0. The van der Waals surface area contributed by atoms with Gasteiger partial charge in [-0.1, -0.05) is 6.42 Å². The summed E-state index contributed by atoms with van der Waals surface area (Å²) in [6, 6.07) is 2.06. The third-order valence-corrected chi connectivity index (χ3v) is 2.80. The fraction of sp³-hybridized carbons (Fsp3) is 0.700. The highest BCUT2D eigenvalue weighted by atomic mass is 16.3. The van der Waals surface area contributed by atoms with E-state index in [1.807, 2.05) is 17.9 Å². The van der Waals surface area contributed by atoms with E-state index in [9.17, 15) is 5.11 Å². The minimum atomic E-state index is -0.110. The number of rotatable bonds is 1. The highest BCUT2D eigenvalue weighted by Crippen LogP contribution is 2.31. The molecule has 1 aliphatic rings. The molecule has 1 heterocycles. The molecule has 1 fully saturated rings. The number of nitrogens with zero attached hydrogens (tertiary/aromatic N) is 2. The van der Waals surface area contributed by atoms with Gasteiger partial charge in [0.1, 0.15) is 0 Å². The number of aromatic nitrogens is 2. The van der Waals surface area contributed by atoms with Crippen LogP contribution in [-0.4, -0.2) is 21.0 Å². The van der Waals surface area contributed by atoms with Crippen molar-refractivity contribution >= 4 is 0 Å². The Morgan fingerprint density at radius 3 is 3.00 bits per heavy atom. The molecule has 1 N–H and O–H groups in total. The zero-order valence-corrected chi connectivity index (χ0v) is 7.98. The number of hydrogen-bond donors (Lipinski definition) is 1. The topological polar surface area (TPSA) is 38.0 Å². The third-order valence-electron chi connectivity index (χ3n) is 2.80. The van der Waals surface area contributed by atoms with Gasteiger partial charge in [-0.2, -0.15) is 5.10 Å². The number of aliphatic hydroxyl groups is 1. The van der Waals surface area contributed by atoms with E-state index in [-0.39, 0.29) is 6.10 Å². The fourth-order valence-electron chi connectivity index (χ4n) is 2.08. The standard InChI is InChI=1S/C10H16N2O/c1-12-6-5-10(11-12)8-3-2-4-9(13)7-8/h5-6,8-9,13H,2-4,7H2,1H3. The summed E-state index contributed by atoms with van der Waals surface area (Å²) in [6.07, 6.45) is 6.01. The van der Waals surface area contributed by atoms with Crippen LogP contribution in [0.15, 0.2) is 12.3 Å². The lowest BCUT2D eigenvalue weighted by molar-refractivity contribution is 0.118. The normalized spacial score (nSPS) is 29.1. The lowest BCUT2D eigenvalue weighted by Crippen LogP contribution is -2.18. The molecule has 0 saturated heterocycles. The van der Waals surface area contributed by atoms with Crippen LogP contribution in [0.4, 0.5) is 0 Å². The Morgan fingerprint density at radius 2 is 2.38 bits per heavy atom. The molecular formula is C10H16N2O. The Hall–Kier alpha value is -0.830. The van der Waals surface area contributed by atoms with Gasteiger partial charge in [0.25, 0.3) is 0 Å². The van der Waals surface area contributed by atoms with E-state index in [1.54, 1.807) is 0 Å². The molecule has 3 heteroatoms. The van der Waals surface area contributed by atoms with Gasteiger partial charge in [0, 0.05) is 19.2 Å². The van der Waals surface area contributed by atoms with E-state index in [4.69, 9.17) is 0 Å². The second-order valence-electron chi connectivity index (χ2n) is 3.93. The van der Waals surface area contributed by atoms with Crippen LogP contribution in [0.3, 0.4) is 0 Å². The molecule has 0 aliphatic heterocycles. The zero-order chi connectivity index (χ0) is 9.26. The van der Waals surface area contributed by atoms with Gasteiger partial charge < -0.3 is 5.11 Å². The van der Waals surface area contributed by atoms with Gasteiger partial charge in [0.05, 0.1) is 11.8 Å². The summed E-state index contributed by atoms with van der Waals surface area (Å²) in [7, 11) is 1.93. The van der Waals surface area contributed by atoms with E-state index in [0.29, 0.717) is 5.92 Å². The summed E-state index contributed by atoms with van der Waals surface area (Å²) >= 11 is 0. The average molecular weight is 180 g/mol. The van der Waals surface area contributed by atoms with E-state index < -0.39 is 0 Å². The first-order valence-electron chi connectivity index (χ1n) is 4.93. The van der Waals surface area contributed by atoms with Crippen LogP contribution in [0.2, 0.25) is 0 Å². The summed E-state index contributed by atoms with van der Waals surface area (Å²) in [5, 5.41) is 13.9. The van der Waals surface area contributed by atoms with Crippen LogP contribution in [0, 0.1) is 0 Å². The van der Waals surface area contributed by atoms with Crippen LogP contribution >= 0.6 is 0 Å². The first kappa shape index (κ1) is 8.75. The summed E-state index contributed by atoms with van der Waals surface area (Å²) in [5.41, 5.74) is 1.14. The van der Waals surface area contributed by atoms with E-state index in [1.165, 1.54) is 6.42 Å². The van der Waals surface area contributed by atoms with Crippen molar-refractivity contribution in [2.24, 2.45) is 7.05 Å². The Morgan fingerprint density at radius 1 is 1.54 bits per heavy atom. The SMILES string of the molecule is Cn1ccc(C2CCCC(O)C2)n1. The smallest absolute Gasteiger partial charge is 0.0656 e. The van der Waals surface area contributed by atoms with Crippen LogP contribution in [0.25, 0.3) is 0 Å². The van der Waals surface area contributed by atoms with Gasteiger partial charge >= 0.3 is 0 Å². The molecule has 2 rings (SSSR count). The summed E-state index contributed by atoms with van der Waals surface area (Å²) < 4.78 is 1.83. The van der Waals surface area contributed by atoms with Gasteiger partial charge in [-0.05, 0) is 25.3 Å². The molecule has 0 aromatic carbocycles. The second kappa shape index (κ2) is 3.50. The number of aliphatic hydroxyl groups excluding tert-OH is 1. The van der Waals surface area contributed by atoms with Gasteiger partial charge in [0.2, 0.25) is 0 Å². The van der Waals surface area contributed by atoms with Crippen molar-refractivity contribution in [1.29, 1.82) is 0 Å². The third kappa shape index (κ3) is 1.91. The maximum absolute atomic E-state index is 9.51. The number of aryl methyl sites for hydroxylation is 1. The van der Waals surface area contributed by atoms with Crippen molar-refractivity contribution in [3.05, 3.63) is 18.0 Å². The van der Waals surface area contributed by atoms with Gasteiger partial charge in [0.15, 0.2) is 0 Å². The van der Waals surface area contributed by atoms with Crippen LogP contribution in [-0.2, 0) is 7.05 Å². The molecular weight excluding hydrogens is 164 g/mol. The molecule has 0 spiro atoms. The van der Waals surface area contributed by atoms with E-state index >= 15 is 0 Å².